The van der Waals surface area contributed by atoms with Crippen molar-refractivity contribution in [2.75, 3.05) is 27.8 Å². The van der Waals surface area contributed by atoms with Gasteiger partial charge in [0.15, 0.2) is 11.5 Å². The second-order valence-electron chi connectivity index (χ2n) is 8.51. The number of ether oxygens (including phenoxy) is 2. The summed E-state index contributed by atoms with van der Waals surface area (Å²) in [6.45, 7) is 0.959. The number of alkyl halides is 2. The first-order valence-electron chi connectivity index (χ1n) is 9.68. The molecule has 1 aromatic carbocycles. The van der Waals surface area contributed by atoms with Crippen molar-refractivity contribution in [2.24, 2.45) is 5.41 Å². The molecule has 3 aliphatic rings. The van der Waals surface area contributed by atoms with Crippen molar-refractivity contribution < 1.29 is 18.3 Å². The van der Waals surface area contributed by atoms with Gasteiger partial charge in [-0.3, -0.25) is 0 Å². The molecule has 4 rings (SSSR count). The van der Waals surface area contributed by atoms with Gasteiger partial charge in [-0.25, -0.2) is 8.78 Å². The van der Waals surface area contributed by atoms with E-state index < -0.39 is 11.3 Å². The van der Waals surface area contributed by atoms with E-state index in [-0.39, 0.29) is 17.9 Å². The van der Waals surface area contributed by atoms with Gasteiger partial charge in [-0.15, -0.1) is 0 Å². The number of methoxy groups -OCH3 is 2. The number of benzene rings is 1. The minimum atomic E-state index is -2.51. The maximum Gasteiger partial charge on any atom is 0.253 e. The molecule has 1 saturated heterocycles. The molecule has 0 N–H and O–H groups in total. The summed E-state index contributed by atoms with van der Waals surface area (Å²) < 4.78 is 40.4. The molecule has 1 aliphatic heterocycles. The first kappa shape index (κ1) is 18.0. The largest absolute Gasteiger partial charge is 0.493 e. The molecule has 2 saturated carbocycles. The van der Waals surface area contributed by atoms with Crippen LogP contribution < -0.4 is 9.47 Å². The average Bonchev–Trinajstić information content (AvgIpc) is 3.12. The molecule has 1 unspecified atom stereocenters. The summed E-state index contributed by atoms with van der Waals surface area (Å²) in [5, 5.41) is 0. The summed E-state index contributed by atoms with van der Waals surface area (Å²) in [4.78, 5) is 2.31. The Morgan fingerprint density at radius 3 is 2.42 bits per heavy atom. The van der Waals surface area contributed by atoms with E-state index in [0.29, 0.717) is 31.4 Å². The van der Waals surface area contributed by atoms with E-state index in [9.17, 15) is 8.78 Å². The molecule has 5 heteroatoms. The second kappa shape index (κ2) is 6.08. The van der Waals surface area contributed by atoms with E-state index in [4.69, 9.17) is 9.47 Å². The highest BCUT2D eigenvalue weighted by Gasteiger charge is 2.63. The highest BCUT2D eigenvalue weighted by atomic mass is 19.3. The molecule has 1 aromatic rings. The molecule has 3 fully saturated rings. The molecule has 0 radical (unpaired) electrons. The Labute approximate surface area is 154 Å². The summed E-state index contributed by atoms with van der Waals surface area (Å²) in [6, 6.07) is 6.29. The van der Waals surface area contributed by atoms with Crippen molar-refractivity contribution in [1.82, 2.24) is 4.90 Å². The summed E-state index contributed by atoms with van der Waals surface area (Å²) in [5.74, 6) is -1.08. The lowest BCUT2D eigenvalue weighted by Gasteiger charge is -2.51. The van der Waals surface area contributed by atoms with Crippen LogP contribution >= 0.6 is 0 Å². The minimum absolute atomic E-state index is 0.0573. The van der Waals surface area contributed by atoms with E-state index in [1.54, 1.807) is 14.2 Å². The van der Waals surface area contributed by atoms with Gasteiger partial charge in [-0.05, 0) is 69.8 Å². The molecule has 1 heterocycles. The lowest BCUT2D eigenvalue weighted by atomic mass is 9.57. The Morgan fingerprint density at radius 2 is 1.77 bits per heavy atom. The quantitative estimate of drug-likeness (QED) is 0.779. The molecule has 0 aromatic heterocycles. The van der Waals surface area contributed by atoms with E-state index >= 15 is 0 Å². The summed E-state index contributed by atoms with van der Waals surface area (Å²) in [7, 11) is 5.38. The number of hydrogen-bond donors (Lipinski definition) is 0. The number of likely N-dealkylation sites (N-methyl/N-ethyl adjacent to an activating group) is 1. The Balaban J connectivity index is 1.72. The molecule has 26 heavy (non-hydrogen) atoms. The van der Waals surface area contributed by atoms with Crippen LogP contribution in [-0.2, 0) is 5.41 Å². The zero-order chi connectivity index (χ0) is 18.6. The number of nitrogens with zero attached hydrogens (tertiary/aromatic N) is 1. The monoisotopic (exact) mass is 365 g/mol. The van der Waals surface area contributed by atoms with Crippen LogP contribution in [0.1, 0.15) is 50.5 Å². The maximum atomic E-state index is 14.8. The minimum Gasteiger partial charge on any atom is -0.493 e. The van der Waals surface area contributed by atoms with Crippen LogP contribution in [0.15, 0.2) is 18.2 Å². The smallest absolute Gasteiger partial charge is 0.253 e. The van der Waals surface area contributed by atoms with Crippen LogP contribution in [0.3, 0.4) is 0 Å². The van der Waals surface area contributed by atoms with Gasteiger partial charge in [0.2, 0.25) is 0 Å². The van der Waals surface area contributed by atoms with Crippen molar-refractivity contribution >= 4 is 0 Å². The third kappa shape index (κ3) is 2.39. The summed E-state index contributed by atoms with van der Waals surface area (Å²) in [6.07, 6.45) is 4.47. The van der Waals surface area contributed by atoms with Crippen LogP contribution in [0.2, 0.25) is 0 Å². The Bertz CT molecular complexity index is 695. The molecule has 144 valence electrons. The number of likely N-dealkylation sites (tertiary alicyclic amines) is 1. The molecular weight excluding hydrogens is 336 g/mol. The van der Waals surface area contributed by atoms with Gasteiger partial charge in [0, 0.05) is 23.3 Å². The van der Waals surface area contributed by atoms with Gasteiger partial charge in [0.25, 0.3) is 5.92 Å². The van der Waals surface area contributed by atoms with Crippen LogP contribution in [0.5, 0.6) is 11.5 Å². The first-order chi connectivity index (χ1) is 12.4. The van der Waals surface area contributed by atoms with Crippen LogP contribution in [0.4, 0.5) is 8.78 Å². The van der Waals surface area contributed by atoms with Crippen molar-refractivity contribution in [3.63, 3.8) is 0 Å². The first-order valence-corrected chi connectivity index (χ1v) is 9.68. The fraction of sp³-hybridized carbons (Fsp3) is 0.714. The molecule has 2 aliphatic carbocycles. The molecule has 3 nitrogen and oxygen atoms in total. The number of halogens is 2. The van der Waals surface area contributed by atoms with E-state index in [1.807, 2.05) is 6.07 Å². The molecular formula is C21H29F2NO2. The van der Waals surface area contributed by atoms with Gasteiger partial charge in [0.1, 0.15) is 0 Å². The normalized spacial score (nSPS) is 36.3. The lowest BCUT2D eigenvalue weighted by Crippen LogP contribution is -2.53. The topological polar surface area (TPSA) is 21.7 Å². The van der Waals surface area contributed by atoms with Gasteiger partial charge >= 0.3 is 0 Å². The third-order valence-electron chi connectivity index (χ3n) is 7.59. The van der Waals surface area contributed by atoms with Crippen LogP contribution in [-0.4, -0.2) is 44.7 Å². The maximum absolute atomic E-state index is 14.8. The molecule has 3 atom stereocenters. The number of hydrogen-bond acceptors (Lipinski definition) is 3. The predicted molar refractivity (Wildman–Crippen MR) is 97.3 cm³/mol. The van der Waals surface area contributed by atoms with Gasteiger partial charge in [-0.1, -0.05) is 6.07 Å². The zero-order valence-corrected chi connectivity index (χ0v) is 16.0. The average molecular weight is 365 g/mol. The highest BCUT2D eigenvalue weighted by molar-refractivity contribution is 5.46. The van der Waals surface area contributed by atoms with Gasteiger partial charge in [0.05, 0.1) is 14.2 Å². The SMILES string of the molecule is COc1ccc([C@]23CCN(C)[C@H]2CC2(CCCC2(F)F)CC3)cc1OC. The van der Waals surface area contributed by atoms with Gasteiger partial charge < -0.3 is 14.4 Å². The summed E-state index contributed by atoms with van der Waals surface area (Å²) in [5.41, 5.74) is 0.356. The lowest BCUT2D eigenvalue weighted by molar-refractivity contribution is -0.131. The van der Waals surface area contributed by atoms with E-state index in [1.165, 1.54) is 5.56 Å². The third-order valence-corrected chi connectivity index (χ3v) is 7.59. The molecule has 0 amide bonds. The number of fused-ring (bicyclic) bond motifs is 1. The van der Waals surface area contributed by atoms with Crippen LogP contribution in [0.25, 0.3) is 0 Å². The highest BCUT2D eigenvalue weighted by Crippen LogP contribution is 2.63. The van der Waals surface area contributed by atoms with Crippen LogP contribution in [0, 0.1) is 5.41 Å². The van der Waals surface area contributed by atoms with Crippen molar-refractivity contribution in [3.05, 3.63) is 23.8 Å². The Hall–Kier alpha value is -1.36. The standard InChI is InChI=1S/C21H29F2NO2/c1-24-12-11-20(15-5-6-16(25-2)17(13-15)26-3)10-9-19(14-18(20)24)7-4-8-21(19,22)23/h5-6,13,18H,4,7-12,14H2,1-3H3/t18-,19?,20-/m0/s1. The molecule has 0 bridgehead atoms. The van der Waals surface area contributed by atoms with Gasteiger partial charge in [-0.2, -0.15) is 0 Å². The van der Waals surface area contributed by atoms with E-state index in [0.717, 1.165) is 25.1 Å². The Kier molecular flexibility index (Phi) is 4.22. The van der Waals surface area contributed by atoms with Crippen molar-refractivity contribution in [1.29, 1.82) is 0 Å². The second-order valence-corrected chi connectivity index (χ2v) is 8.51. The zero-order valence-electron chi connectivity index (χ0n) is 16.0. The molecule has 1 spiro atoms. The van der Waals surface area contributed by atoms with Crippen molar-refractivity contribution in [2.45, 2.75) is 62.3 Å². The number of rotatable bonds is 3. The fourth-order valence-corrected chi connectivity index (χ4v) is 5.98. The van der Waals surface area contributed by atoms with E-state index in [2.05, 4.69) is 24.1 Å². The predicted octanol–water partition coefficient (Wildman–Crippen LogP) is 4.64. The Morgan fingerprint density at radius 1 is 1.00 bits per heavy atom. The fourth-order valence-electron chi connectivity index (χ4n) is 5.98. The van der Waals surface area contributed by atoms with Crippen molar-refractivity contribution in [3.8, 4) is 11.5 Å². The summed E-state index contributed by atoms with van der Waals surface area (Å²) >= 11 is 0.